The Kier molecular flexibility index (Phi) is 5.44. The molecule has 102 valence electrons. The molecule has 0 spiro atoms. The molecule has 1 aromatic carbocycles. The molecule has 0 unspecified atom stereocenters. The zero-order chi connectivity index (χ0) is 13.7. The minimum Gasteiger partial charge on any atom is -0.496 e. The van der Waals surface area contributed by atoms with Crippen LogP contribution in [0, 0.1) is 0 Å². The first-order chi connectivity index (χ1) is 8.54. The van der Waals surface area contributed by atoms with E-state index in [9.17, 15) is 10.2 Å². The number of hydrogen-bond donors (Lipinski definition) is 2. The van der Waals surface area contributed by atoms with Crippen LogP contribution in [-0.2, 0) is 0 Å². The first-order valence-corrected chi connectivity index (χ1v) is 6.17. The van der Waals surface area contributed by atoms with Crippen LogP contribution in [0.4, 0.5) is 5.69 Å². The van der Waals surface area contributed by atoms with E-state index >= 15 is 0 Å². The third-order valence-electron chi connectivity index (χ3n) is 3.21. The molecule has 4 heteroatoms. The lowest BCUT2D eigenvalue weighted by molar-refractivity contribution is 0.191. The van der Waals surface area contributed by atoms with E-state index in [0.29, 0.717) is 5.92 Å². The van der Waals surface area contributed by atoms with Gasteiger partial charge in [0.25, 0.3) is 0 Å². The number of anilines is 1. The molecule has 0 saturated heterocycles. The molecule has 0 amide bonds. The van der Waals surface area contributed by atoms with Crippen LogP contribution in [0.15, 0.2) is 18.2 Å². The van der Waals surface area contributed by atoms with Crippen molar-refractivity contribution in [1.82, 2.24) is 0 Å². The minimum atomic E-state index is -0.279. The van der Waals surface area contributed by atoms with Crippen molar-refractivity contribution in [3.8, 4) is 5.75 Å². The SMILES string of the molecule is COc1ccc(N(C)C(CO)CO)cc1C(C)C. The zero-order valence-electron chi connectivity index (χ0n) is 11.6. The number of likely N-dealkylation sites (N-methyl/N-ethyl adjacent to an activating group) is 1. The summed E-state index contributed by atoms with van der Waals surface area (Å²) in [5.74, 6) is 1.22. The van der Waals surface area contributed by atoms with E-state index in [0.717, 1.165) is 17.0 Å². The molecule has 0 heterocycles. The van der Waals surface area contributed by atoms with Crippen molar-refractivity contribution >= 4 is 5.69 Å². The average molecular weight is 253 g/mol. The first kappa shape index (κ1) is 14.8. The van der Waals surface area contributed by atoms with Crippen molar-refractivity contribution in [2.24, 2.45) is 0 Å². The molecule has 2 N–H and O–H groups in total. The summed E-state index contributed by atoms with van der Waals surface area (Å²) in [5.41, 5.74) is 2.09. The predicted molar refractivity (Wildman–Crippen MR) is 73.4 cm³/mol. The quantitative estimate of drug-likeness (QED) is 0.808. The van der Waals surface area contributed by atoms with Gasteiger partial charge in [-0.05, 0) is 29.7 Å². The van der Waals surface area contributed by atoms with Crippen molar-refractivity contribution in [3.63, 3.8) is 0 Å². The van der Waals surface area contributed by atoms with E-state index < -0.39 is 0 Å². The number of hydrogen-bond acceptors (Lipinski definition) is 4. The van der Waals surface area contributed by atoms with Gasteiger partial charge in [-0.25, -0.2) is 0 Å². The molecular weight excluding hydrogens is 230 g/mol. The molecule has 1 rings (SSSR count). The number of nitrogens with zero attached hydrogens (tertiary/aromatic N) is 1. The fourth-order valence-corrected chi connectivity index (χ4v) is 1.91. The second-order valence-corrected chi connectivity index (χ2v) is 4.71. The molecule has 0 fully saturated rings. The van der Waals surface area contributed by atoms with E-state index in [1.807, 2.05) is 30.1 Å². The molecule has 0 bridgehead atoms. The van der Waals surface area contributed by atoms with Gasteiger partial charge in [-0.3, -0.25) is 0 Å². The topological polar surface area (TPSA) is 52.9 Å². The second kappa shape index (κ2) is 6.61. The van der Waals surface area contributed by atoms with E-state index in [2.05, 4.69) is 13.8 Å². The average Bonchev–Trinajstić information content (AvgIpc) is 2.39. The molecule has 0 saturated carbocycles. The first-order valence-electron chi connectivity index (χ1n) is 6.17. The van der Waals surface area contributed by atoms with Gasteiger partial charge in [-0.1, -0.05) is 13.8 Å². The summed E-state index contributed by atoms with van der Waals surface area (Å²) in [4.78, 5) is 1.88. The van der Waals surface area contributed by atoms with Crippen LogP contribution in [-0.4, -0.2) is 43.6 Å². The largest absolute Gasteiger partial charge is 0.496 e. The fraction of sp³-hybridized carbons (Fsp3) is 0.571. The summed E-state index contributed by atoms with van der Waals surface area (Å²) in [6, 6.07) is 5.62. The number of aliphatic hydroxyl groups is 2. The summed E-state index contributed by atoms with van der Waals surface area (Å²) in [5, 5.41) is 18.4. The van der Waals surface area contributed by atoms with Gasteiger partial charge >= 0.3 is 0 Å². The van der Waals surface area contributed by atoms with Gasteiger partial charge in [0.15, 0.2) is 0 Å². The van der Waals surface area contributed by atoms with Gasteiger partial charge in [0.1, 0.15) is 5.75 Å². The molecule has 18 heavy (non-hydrogen) atoms. The highest BCUT2D eigenvalue weighted by Gasteiger charge is 2.15. The van der Waals surface area contributed by atoms with Crippen molar-refractivity contribution in [2.45, 2.75) is 25.8 Å². The lowest BCUT2D eigenvalue weighted by Crippen LogP contribution is -2.37. The lowest BCUT2D eigenvalue weighted by atomic mass is 10.0. The zero-order valence-corrected chi connectivity index (χ0v) is 11.6. The van der Waals surface area contributed by atoms with Crippen molar-refractivity contribution in [2.75, 3.05) is 32.3 Å². The Labute approximate surface area is 109 Å². The maximum Gasteiger partial charge on any atom is 0.122 e. The van der Waals surface area contributed by atoms with Crippen molar-refractivity contribution in [3.05, 3.63) is 23.8 Å². The van der Waals surface area contributed by atoms with Crippen LogP contribution in [0.5, 0.6) is 5.75 Å². The third-order valence-corrected chi connectivity index (χ3v) is 3.21. The maximum atomic E-state index is 9.21. The second-order valence-electron chi connectivity index (χ2n) is 4.71. The Morgan fingerprint density at radius 2 is 1.83 bits per heavy atom. The fourth-order valence-electron chi connectivity index (χ4n) is 1.91. The van der Waals surface area contributed by atoms with Crippen molar-refractivity contribution < 1.29 is 14.9 Å². The van der Waals surface area contributed by atoms with Gasteiger partial charge in [0.2, 0.25) is 0 Å². The molecule has 0 aliphatic carbocycles. The van der Waals surface area contributed by atoms with Gasteiger partial charge < -0.3 is 19.8 Å². The Balaban J connectivity index is 3.07. The van der Waals surface area contributed by atoms with Gasteiger partial charge in [0.05, 0.1) is 26.4 Å². The summed E-state index contributed by atoms with van der Waals surface area (Å²) in [7, 11) is 3.53. The molecule has 0 atom stereocenters. The third kappa shape index (κ3) is 3.15. The van der Waals surface area contributed by atoms with E-state index in [1.165, 1.54) is 0 Å². The standard InChI is InChI=1S/C14H23NO3/c1-10(2)13-7-11(5-6-14(13)18-4)15(3)12(8-16)9-17/h5-7,10,12,16-17H,8-9H2,1-4H3. The number of benzene rings is 1. The number of rotatable bonds is 6. The van der Waals surface area contributed by atoms with E-state index in [1.54, 1.807) is 7.11 Å². The minimum absolute atomic E-state index is 0.0734. The molecule has 4 nitrogen and oxygen atoms in total. The van der Waals surface area contributed by atoms with Gasteiger partial charge in [-0.2, -0.15) is 0 Å². The number of ether oxygens (including phenoxy) is 1. The molecular formula is C14H23NO3. The van der Waals surface area contributed by atoms with Crippen LogP contribution in [0.25, 0.3) is 0 Å². The summed E-state index contributed by atoms with van der Waals surface area (Å²) < 4.78 is 5.34. The maximum absolute atomic E-state index is 9.21. The lowest BCUT2D eigenvalue weighted by Gasteiger charge is -2.28. The number of methoxy groups -OCH3 is 1. The van der Waals surface area contributed by atoms with Gasteiger partial charge in [0, 0.05) is 12.7 Å². The summed E-state index contributed by atoms with van der Waals surface area (Å²) in [6.45, 7) is 4.07. The van der Waals surface area contributed by atoms with Crippen LogP contribution < -0.4 is 9.64 Å². The molecule has 0 aromatic heterocycles. The molecule has 0 radical (unpaired) electrons. The Morgan fingerprint density at radius 3 is 2.28 bits per heavy atom. The Bertz CT molecular complexity index is 375. The summed E-state index contributed by atoms with van der Waals surface area (Å²) >= 11 is 0. The van der Waals surface area contributed by atoms with Crippen LogP contribution in [0.1, 0.15) is 25.3 Å². The predicted octanol–water partition coefficient (Wildman–Crippen LogP) is 1.61. The van der Waals surface area contributed by atoms with Crippen LogP contribution >= 0.6 is 0 Å². The molecule has 1 aromatic rings. The smallest absolute Gasteiger partial charge is 0.122 e. The Hall–Kier alpha value is -1.26. The molecule has 0 aliphatic rings. The van der Waals surface area contributed by atoms with E-state index in [4.69, 9.17) is 4.74 Å². The highest BCUT2D eigenvalue weighted by atomic mass is 16.5. The number of aliphatic hydroxyl groups excluding tert-OH is 2. The highest BCUT2D eigenvalue weighted by Crippen LogP contribution is 2.30. The monoisotopic (exact) mass is 253 g/mol. The van der Waals surface area contributed by atoms with Crippen LogP contribution in [0.2, 0.25) is 0 Å². The highest BCUT2D eigenvalue weighted by molar-refractivity contribution is 5.54. The van der Waals surface area contributed by atoms with Crippen molar-refractivity contribution in [1.29, 1.82) is 0 Å². The van der Waals surface area contributed by atoms with Gasteiger partial charge in [-0.15, -0.1) is 0 Å². The van der Waals surface area contributed by atoms with E-state index in [-0.39, 0.29) is 19.3 Å². The normalized spacial score (nSPS) is 11.1. The Morgan fingerprint density at radius 1 is 1.22 bits per heavy atom. The van der Waals surface area contributed by atoms with Crippen LogP contribution in [0.3, 0.4) is 0 Å². The molecule has 0 aliphatic heterocycles. The summed E-state index contributed by atoms with van der Waals surface area (Å²) in [6.07, 6.45) is 0.